The molecule has 8 heteroatoms. The number of hydrogen-bond donors (Lipinski definition) is 1. The fraction of sp³-hybridized carbons (Fsp3) is 0.0952. The van der Waals surface area contributed by atoms with Crippen molar-refractivity contribution in [2.24, 2.45) is 0 Å². The van der Waals surface area contributed by atoms with Gasteiger partial charge in [-0.1, -0.05) is 28.9 Å². The topological polar surface area (TPSA) is 83.6 Å². The van der Waals surface area contributed by atoms with Crippen LogP contribution in [0.1, 0.15) is 22.9 Å². The maximum Gasteiger partial charge on any atom is 0.301 e. The molecule has 1 unspecified atom stereocenters. The van der Waals surface area contributed by atoms with E-state index in [0.717, 1.165) is 4.90 Å². The van der Waals surface area contributed by atoms with Crippen LogP contribution in [0.5, 0.6) is 0 Å². The molecule has 1 aliphatic heterocycles. The number of benzene rings is 2. The summed E-state index contributed by atoms with van der Waals surface area (Å²) in [6.45, 7) is 1.65. The Morgan fingerprint density at radius 3 is 2.38 bits per heavy atom. The van der Waals surface area contributed by atoms with Gasteiger partial charge >= 0.3 is 5.91 Å². The lowest BCUT2D eigenvalue weighted by molar-refractivity contribution is -0.132. The molecule has 0 spiro atoms. The third-order valence-corrected chi connectivity index (χ3v) is 4.86. The van der Waals surface area contributed by atoms with Gasteiger partial charge in [0.25, 0.3) is 5.78 Å². The average molecular weight is 413 g/mol. The lowest BCUT2D eigenvalue weighted by Gasteiger charge is -2.22. The van der Waals surface area contributed by atoms with Crippen LogP contribution in [0.15, 0.2) is 64.7 Å². The molecule has 0 radical (unpaired) electrons. The Balaban J connectivity index is 1.93. The number of anilines is 1. The van der Waals surface area contributed by atoms with E-state index in [-0.39, 0.29) is 17.2 Å². The SMILES string of the molecule is Cc1cc(N2C(=O)C(=O)C(=C(O)c3ccc(Cl)cc3)C2c2ccc(F)cc2)no1. The van der Waals surface area contributed by atoms with Gasteiger partial charge in [-0.2, -0.15) is 0 Å². The van der Waals surface area contributed by atoms with Crippen molar-refractivity contribution in [3.63, 3.8) is 0 Å². The summed E-state index contributed by atoms with van der Waals surface area (Å²) in [5.41, 5.74) is 0.613. The van der Waals surface area contributed by atoms with Crippen LogP contribution in [-0.2, 0) is 9.59 Å². The summed E-state index contributed by atoms with van der Waals surface area (Å²) in [5.74, 6) is -2.03. The number of aromatic nitrogens is 1. The second-order valence-corrected chi connectivity index (χ2v) is 6.96. The average Bonchev–Trinajstić information content (AvgIpc) is 3.24. The van der Waals surface area contributed by atoms with Crippen LogP contribution < -0.4 is 4.90 Å². The van der Waals surface area contributed by atoms with Gasteiger partial charge in [0.2, 0.25) is 0 Å². The van der Waals surface area contributed by atoms with E-state index in [9.17, 15) is 19.1 Å². The highest BCUT2D eigenvalue weighted by Gasteiger charge is 2.48. The maximum absolute atomic E-state index is 13.5. The Morgan fingerprint density at radius 1 is 1.14 bits per heavy atom. The lowest BCUT2D eigenvalue weighted by atomic mass is 9.95. The molecule has 1 aliphatic rings. The number of aliphatic hydroxyl groups is 1. The molecule has 0 saturated carbocycles. The van der Waals surface area contributed by atoms with Crippen LogP contribution in [-0.4, -0.2) is 22.0 Å². The standard InChI is InChI=1S/C21H14ClFN2O4/c1-11-10-16(24-29-11)25-18(12-4-8-15(23)9-5-12)17(20(27)21(25)28)19(26)13-2-6-14(22)7-3-13/h2-10,18,26H,1H3. The lowest BCUT2D eigenvalue weighted by Crippen LogP contribution is -2.29. The fourth-order valence-electron chi connectivity index (χ4n) is 3.26. The van der Waals surface area contributed by atoms with Crippen molar-refractivity contribution in [2.75, 3.05) is 4.90 Å². The third-order valence-electron chi connectivity index (χ3n) is 4.61. The quantitative estimate of drug-likeness (QED) is 0.391. The number of amides is 1. The van der Waals surface area contributed by atoms with Crippen LogP contribution in [0, 0.1) is 12.7 Å². The van der Waals surface area contributed by atoms with Gasteiger partial charge in [0.15, 0.2) is 5.82 Å². The molecular weight excluding hydrogens is 399 g/mol. The van der Waals surface area contributed by atoms with E-state index >= 15 is 0 Å². The molecule has 1 fully saturated rings. The summed E-state index contributed by atoms with van der Waals surface area (Å²) in [6, 6.07) is 12.0. The van der Waals surface area contributed by atoms with E-state index < -0.39 is 23.5 Å². The minimum Gasteiger partial charge on any atom is -0.507 e. The number of aliphatic hydroxyl groups excluding tert-OH is 1. The van der Waals surface area contributed by atoms with E-state index in [0.29, 0.717) is 21.9 Å². The largest absolute Gasteiger partial charge is 0.507 e. The first kappa shape index (κ1) is 18.9. The molecule has 146 valence electrons. The molecule has 1 saturated heterocycles. The molecule has 2 heterocycles. The van der Waals surface area contributed by atoms with Gasteiger partial charge in [-0.05, 0) is 48.9 Å². The summed E-state index contributed by atoms with van der Waals surface area (Å²) < 4.78 is 18.5. The number of hydrogen-bond acceptors (Lipinski definition) is 5. The molecule has 4 rings (SSSR count). The van der Waals surface area contributed by atoms with Crippen molar-refractivity contribution >= 4 is 34.9 Å². The zero-order valence-electron chi connectivity index (χ0n) is 15.1. The molecule has 3 aromatic rings. The van der Waals surface area contributed by atoms with Gasteiger partial charge in [-0.3, -0.25) is 14.5 Å². The molecule has 2 aromatic carbocycles. The monoisotopic (exact) mass is 412 g/mol. The Hall–Kier alpha value is -3.45. The number of rotatable bonds is 3. The molecule has 1 N–H and O–H groups in total. The summed E-state index contributed by atoms with van der Waals surface area (Å²) >= 11 is 5.89. The highest BCUT2D eigenvalue weighted by molar-refractivity contribution is 6.51. The molecule has 1 aromatic heterocycles. The Labute approximate surface area is 169 Å². The number of aryl methyl sites for hydroxylation is 1. The van der Waals surface area contributed by atoms with Crippen LogP contribution in [0.4, 0.5) is 10.2 Å². The Morgan fingerprint density at radius 2 is 1.79 bits per heavy atom. The number of Topliss-reactive ketones (excluding diaryl/α,β-unsaturated/α-hetero) is 1. The van der Waals surface area contributed by atoms with Gasteiger partial charge in [-0.25, -0.2) is 4.39 Å². The van der Waals surface area contributed by atoms with Crippen molar-refractivity contribution in [2.45, 2.75) is 13.0 Å². The van der Waals surface area contributed by atoms with Gasteiger partial charge in [-0.15, -0.1) is 0 Å². The normalized spacial score (nSPS) is 18.4. The summed E-state index contributed by atoms with van der Waals surface area (Å²) in [5, 5.41) is 15.2. The van der Waals surface area contributed by atoms with Crippen LogP contribution in [0.3, 0.4) is 0 Å². The number of nitrogens with zero attached hydrogens (tertiary/aromatic N) is 2. The van der Waals surface area contributed by atoms with E-state index in [1.165, 1.54) is 42.5 Å². The molecule has 0 aliphatic carbocycles. The third kappa shape index (κ3) is 3.30. The minimum absolute atomic E-state index is 0.120. The summed E-state index contributed by atoms with van der Waals surface area (Å²) in [7, 11) is 0. The van der Waals surface area contributed by atoms with Gasteiger partial charge in [0, 0.05) is 16.7 Å². The first-order valence-electron chi connectivity index (χ1n) is 8.62. The number of ketones is 1. The minimum atomic E-state index is -1.00. The number of carbonyl (C=O) groups excluding carboxylic acids is 2. The Bertz CT molecular complexity index is 1140. The van der Waals surface area contributed by atoms with Gasteiger partial charge in [0.1, 0.15) is 17.3 Å². The molecule has 1 amide bonds. The van der Waals surface area contributed by atoms with E-state index in [1.807, 2.05) is 0 Å². The van der Waals surface area contributed by atoms with Crippen LogP contribution >= 0.6 is 11.6 Å². The molecular formula is C21H14ClFN2O4. The van der Waals surface area contributed by atoms with Crippen molar-refractivity contribution in [3.05, 3.63) is 87.9 Å². The zero-order chi connectivity index (χ0) is 20.7. The van der Waals surface area contributed by atoms with E-state index in [4.69, 9.17) is 16.1 Å². The Kier molecular flexibility index (Phi) is 4.68. The van der Waals surface area contributed by atoms with Gasteiger partial charge in [0.05, 0.1) is 11.6 Å². The van der Waals surface area contributed by atoms with Crippen molar-refractivity contribution < 1.29 is 23.6 Å². The summed E-state index contributed by atoms with van der Waals surface area (Å²) in [6.07, 6.45) is 0. The van der Waals surface area contributed by atoms with Crippen molar-refractivity contribution in [3.8, 4) is 0 Å². The van der Waals surface area contributed by atoms with Crippen molar-refractivity contribution in [1.82, 2.24) is 5.16 Å². The molecule has 29 heavy (non-hydrogen) atoms. The summed E-state index contributed by atoms with van der Waals surface area (Å²) in [4.78, 5) is 26.8. The predicted octanol–water partition coefficient (Wildman–Crippen LogP) is 4.40. The van der Waals surface area contributed by atoms with E-state index in [1.54, 1.807) is 19.1 Å². The van der Waals surface area contributed by atoms with Crippen molar-refractivity contribution in [1.29, 1.82) is 0 Å². The highest BCUT2D eigenvalue weighted by atomic mass is 35.5. The molecule has 0 bridgehead atoms. The smallest absolute Gasteiger partial charge is 0.301 e. The maximum atomic E-state index is 13.5. The first-order valence-corrected chi connectivity index (χ1v) is 9.00. The second kappa shape index (κ2) is 7.18. The first-order chi connectivity index (χ1) is 13.9. The second-order valence-electron chi connectivity index (χ2n) is 6.52. The fourth-order valence-corrected chi connectivity index (χ4v) is 3.39. The zero-order valence-corrected chi connectivity index (χ0v) is 15.9. The number of halogens is 2. The van der Waals surface area contributed by atoms with Crippen LogP contribution in [0.25, 0.3) is 5.76 Å². The van der Waals surface area contributed by atoms with E-state index in [2.05, 4.69) is 5.16 Å². The predicted molar refractivity (Wildman–Crippen MR) is 104 cm³/mol. The molecule has 1 atom stereocenters. The van der Waals surface area contributed by atoms with Gasteiger partial charge < -0.3 is 9.63 Å². The molecule has 6 nitrogen and oxygen atoms in total. The highest BCUT2D eigenvalue weighted by Crippen LogP contribution is 2.41. The van der Waals surface area contributed by atoms with Crippen LogP contribution in [0.2, 0.25) is 5.02 Å². The number of carbonyl (C=O) groups is 2.